The smallest absolute Gasteiger partial charge is 0.0239 e. The third kappa shape index (κ3) is 4.09. The van der Waals surface area contributed by atoms with Crippen molar-refractivity contribution in [1.82, 2.24) is 10.2 Å². The molecule has 0 aromatic carbocycles. The summed E-state index contributed by atoms with van der Waals surface area (Å²) in [6.07, 6.45) is 4.05. The van der Waals surface area contributed by atoms with Crippen LogP contribution in [0.2, 0.25) is 0 Å². The minimum atomic E-state index is 0.692. The number of likely N-dealkylation sites (N-methyl/N-ethyl adjacent to an activating group) is 1. The highest BCUT2D eigenvalue weighted by molar-refractivity contribution is 7.07. The van der Waals surface area contributed by atoms with Crippen LogP contribution in [0.15, 0.2) is 16.8 Å². The second-order valence-electron chi connectivity index (χ2n) is 5.28. The SMILES string of the molecule is CCC1CCNC(CN(C)Cc2ccsc2)C1. The van der Waals surface area contributed by atoms with Gasteiger partial charge in [-0.1, -0.05) is 13.3 Å². The van der Waals surface area contributed by atoms with Crippen molar-refractivity contribution < 1.29 is 0 Å². The van der Waals surface area contributed by atoms with Gasteiger partial charge in [-0.15, -0.1) is 0 Å². The maximum Gasteiger partial charge on any atom is 0.0239 e. The van der Waals surface area contributed by atoms with Gasteiger partial charge in [0, 0.05) is 19.1 Å². The average Bonchev–Trinajstić information content (AvgIpc) is 2.82. The minimum Gasteiger partial charge on any atom is -0.313 e. The monoisotopic (exact) mass is 252 g/mol. The standard InChI is InChI=1S/C14H24N2S/c1-3-12-4-6-15-14(8-12)10-16(2)9-13-5-7-17-11-13/h5,7,11-12,14-15H,3-4,6,8-10H2,1-2H3. The Morgan fingerprint density at radius 1 is 1.53 bits per heavy atom. The summed E-state index contributed by atoms with van der Waals surface area (Å²) in [6, 6.07) is 2.92. The van der Waals surface area contributed by atoms with Crippen molar-refractivity contribution in [1.29, 1.82) is 0 Å². The lowest BCUT2D eigenvalue weighted by Crippen LogP contribution is -2.44. The lowest BCUT2D eigenvalue weighted by molar-refractivity contribution is 0.221. The summed E-state index contributed by atoms with van der Waals surface area (Å²) in [4.78, 5) is 2.44. The van der Waals surface area contributed by atoms with Crippen LogP contribution in [-0.2, 0) is 6.54 Å². The van der Waals surface area contributed by atoms with Crippen molar-refractivity contribution in [3.8, 4) is 0 Å². The van der Waals surface area contributed by atoms with E-state index in [1.807, 2.05) is 0 Å². The quantitative estimate of drug-likeness (QED) is 0.867. The molecule has 2 nitrogen and oxygen atoms in total. The first-order valence-corrected chi connectivity index (χ1v) is 7.65. The van der Waals surface area contributed by atoms with Crippen LogP contribution in [0, 0.1) is 5.92 Å². The molecule has 1 aromatic rings. The second kappa shape index (κ2) is 6.53. The zero-order chi connectivity index (χ0) is 12.1. The second-order valence-corrected chi connectivity index (χ2v) is 6.06. The van der Waals surface area contributed by atoms with E-state index in [9.17, 15) is 0 Å². The van der Waals surface area contributed by atoms with E-state index in [0.717, 1.165) is 12.5 Å². The fourth-order valence-corrected chi connectivity index (χ4v) is 3.40. The molecule has 1 N–H and O–H groups in total. The largest absolute Gasteiger partial charge is 0.313 e. The van der Waals surface area contributed by atoms with Crippen LogP contribution in [0.5, 0.6) is 0 Å². The summed E-state index contributed by atoms with van der Waals surface area (Å²) >= 11 is 1.79. The zero-order valence-electron chi connectivity index (χ0n) is 11.0. The molecule has 1 aromatic heterocycles. The van der Waals surface area contributed by atoms with E-state index in [1.54, 1.807) is 11.3 Å². The number of thiophene rings is 1. The van der Waals surface area contributed by atoms with Gasteiger partial charge in [0.2, 0.25) is 0 Å². The topological polar surface area (TPSA) is 15.3 Å². The Hall–Kier alpha value is -0.380. The molecule has 1 fully saturated rings. The third-order valence-corrected chi connectivity index (χ3v) is 4.48. The molecule has 0 aliphatic carbocycles. The van der Waals surface area contributed by atoms with Gasteiger partial charge in [0.25, 0.3) is 0 Å². The molecule has 2 unspecified atom stereocenters. The summed E-state index contributed by atoms with van der Waals surface area (Å²) in [5.74, 6) is 0.941. The van der Waals surface area contributed by atoms with E-state index < -0.39 is 0 Å². The van der Waals surface area contributed by atoms with Crippen LogP contribution in [-0.4, -0.2) is 31.1 Å². The highest BCUT2D eigenvalue weighted by Crippen LogP contribution is 2.20. The predicted molar refractivity (Wildman–Crippen MR) is 75.5 cm³/mol. The Balaban J connectivity index is 1.76. The molecule has 0 amide bonds. The Labute approximate surface area is 109 Å². The van der Waals surface area contributed by atoms with E-state index in [1.165, 1.54) is 37.9 Å². The van der Waals surface area contributed by atoms with Crippen LogP contribution < -0.4 is 5.32 Å². The first kappa shape index (κ1) is 13.1. The minimum absolute atomic E-state index is 0.692. The van der Waals surface area contributed by atoms with Crippen molar-refractivity contribution in [2.45, 2.75) is 38.8 Å². The molecule has 0 saturated carbocycles. The van der Waals surface area contributed by atoms with E-state index >= 15 is 0 Å². The maximum absolute atomic E-state index is 3.65. The number of nitrogens with zero attached hydrogens (tertiary/aromatic N) is 1. The molecule has 2 atom stereocenters. The maximum atomic E-state index is 3.65. The molecule has 3 heteroatoms. The van der Waals surface area contributed by atoms with E-state index in [0.29, 0.717) is 6.04 Å². The summed E-state index contributed by atoms with van der Waals surface area (Å²) in [7, 11) is 2.23. The Morgan fingerprint density at radius 2 is 2.41 bits per heavy atom. The Morgan fingerprint density at radius 3 is 3.12 bits per heavy atom. The van der Waals surface area contributed by atoms with Crippen LogP contribution in [0.1, 0.15) is 31.7 Å². The average molecular weight is 252 g/mol. The molecule has 0 radical (unpaired) electrons. The number of nitrogens with one attached hydrogen (secondary N) is 1. The molecule has 17 heavy (non-hydrogen) atoms. The molecule has 1 saturated heterocycles. The number of rotatable bonds is 5. The number of hydrogen-bond acceptors (Lipinski definition) is 3. The van der Waals surface area contributed by atoms with E-state index in [2.05, 4.69) is 41.0 Å². The van der Waals surface area contributed by atoms with E-state index in [-0.39, 0.29) is 0 Å². The molecule has 2 heterocycles. The van der Waals surface area contributed by atoms with Gasteiger partial charge in [-0.2, -0.15) is 11.3 Å². The number of piperidine rings is 1. The fourth-order valence-electron chi connectivity index (χ4n) is 2.74. The van der Waals surface area contributed by atoms with Crippen LogP contribution >= 0.6 is 11.3 Å². The van der Waals surface area contributed by atoms with Crippen molar-refractivity contribution >= 4 is 11.3 Å². The summed E-state index contributed by atoms with van der Waals surface area (Å²) < 4.78 is 0. The summed E-state index contributed by atoms with van der Waals surface area (Å²) in [6.45, 7) is 5.78. The lowest BCUT2D eigenvalue weighted by atomic mass is 9.90. The highest BCUT2D eigenvalue weighted by Gasteiger charge is 2.21. The van der Waals surface area contributed by atoms with Crippen LogP contribution in [0.25, 0.3) is 0 Å². The molecule has 2 rings (SSSR count). The van der Waals surface area contributed by atoms with Gasteiger partial charge in [-0.25, -0.2) is 0 Å². The van der Waals surface area contributed by atoms with Gasteiger partial charge < -0.3 is 10.2 Å². The third-order valence-electron chi connectivity index (χ3n) is 3.75. The van der Waals surface area contributed by atoms with Crippen molar-refractivity contribution in [2.75, 3.05) is 20.1 Å². The van der Waals surface area contributed by atoms with Gasteiger partial charge in [0.1, 0.15) is 0 Å². The van der Waals surface area contributed by atoms with Crippen molar-refractivity contribution in [3.63, 3.8) is 0 Å². The molecular formula is C14H24N2S. The molecule has 0 bridgehead atoms. The Bertz CT molecular complexity index is 310. The van der Waals surface area contributed by atoms with Gasteiger partial charge >= 0.3 is 0 Å². The first-order valence-electron chi connectivity index (χ1n) is 6.71. The highest BCUT2D eigenvalue weighted by atomic mass is 32.1. The molecule has 1 aliphatic heterocycles. The molecule has 96 valence electrons. The Kier molecular flexibility index (Phi) is 5.01. The van der Waals surface area contributed by atoms with Crippen LogP contribution in [0.3, 0.4) is 0 Å². The predicted octanol–water partition coefficient (Wildman–Crippen LogP) is 2.96. The molecular weight excluding hydrogens is 228 g/mol. The zero-order valence-corrected chi connectivity index (χ0v) is 11.8. The molecule has 1 aliphatic rings. The first-order chi connectivity index (χ1) is 8.28. The van der Waals surface area contributed by atoms with Gasteiger partial charge in [0.15, 0.2) is 0 Å². The molecule has 0 spiro atoms. The fraction of sp³-hybridized carbons (Fsp3) is 0.714. The van der Waals surface area contributed by atoms with Crippen LogP contribution in [0.4, 0.5) is 0 Å². The van der Waals surface area contributed by atoms with Gasteiger partial charge in [-0.05, 0) is 54.7 Å². The summed E-state index contributed by atoms with van der Waals surface area (Å²) in [5, 5.41) is 8.07. The number of hydrogen-bond donors (Lipinski definition) is 1. The van der Waals surface area contributed by atoms with E-state index in [4.69, 9.17) is 0 Å². The summed E-state index contributed by atoms with van der Waals surface area (Å²) in [5.41, 5.74) is 1.44. The van der Waals surface area contributed by atoms with Crippen molar-refractivity contribution in [3.05, 3.63) is 22.4 Å². The van der Waals surface area contributed by atoms with Gasteiger partial charge in [-0.3, -0.25) is 0 Å². The lowest BCUT2D eigenvalue weighted by Gasteiger charge is -2.32. The van der Waals surface area contributed by atoms with Crippen molar-refractivity contribution in [2.24, 2.45) is 5.92 Å². The normalized spacial score (nSPS) is 25.4. The van der Waals surface area contributed by atoms with Gasteiger partial charge in [0.05, 0.1) is 0 Å².